The second-order valence-electron chi connectivity index (χ2n) is 1.20. The van der Waals surface area contributed by atoms with Gasteiger partial charge < -0.3 is 5.32 Å². The van der Waals surface area contributed by atoms with Crippen LogP contribution in [-0.4, -0.2) is 22.1 Å². The summed E-state index contributed by atoms with van der Waals surface area (Å²) in [7, 11) is 6.91. The molecule has 2 nitrogen and oxygen atoms in total. The first-order valence-corrected chi connectivity index (χ1v) is 4.03. The van der Waals surface area contributed by atoms with Gasteiger partial charge in [0.05, 0.1) is 0 Å². The normalized spacial score (nSPS) is 10.9. The maximum absolute atomic E-state index is 10.6. The van der Waals surface area contributed by atoms with Crippen LogP contribution in [0.5, 0.6) is 0 Å². The van der Waals surface area contributed by atoms with E-state index in [-0.39, 0.29) is 5.91 Å². The van der Waals surface area contributed by atoms with Crippen molar-refractivity contribution >= 4 is 58.9 Å². The Bertz CT molecular complexity index is 99.9. The van der Waals surface area contributed by atoms with E-state index in [1.165, 1.54) is 0 Å². The quantitative estimate of drug-likeness (QED) is 0.420. The summed E-state index contributed by atoms with van der Waals surface area (Å²) in [6.45, 7) is 0. The van der Waals surface area contributed by atoms with Gasteiger partial charge in [-0.15, -0.1) is 0 Å². The molecule has 1 N–H and O–H groups in total. The SMILES string of the molecule is [B]C(I)(I)C(=O)NC. The molecule has 0 aromatic heterocycles. The van der Waals surface area contributed by atoms with E-state index in [9.17, 15) is 4.79 Å². The third-order valence-corrected chi connectivity index (χ3v) is 1.51. The molecule has 0 aliphatic carbocycles. The van der Waals surface area contributed by atoms with Gasteiger partial charge in [0.25, 0.3) is 0 Å². The highest BCUT2D eigenvalue weighted by molar-refractivity contribution is 14.2. The van der Waals surface area contributed by atoms with E-state index in [2.05, 4.69) is 5.32 Å². The third kappa shape index (κ3) is 3.11. The van der Waals surface area contributed by atoms with Crippen LogP contribution in [0.15, 0.2) is 0 Å². The molecule has 2 radical (unpaired) electrons. The number of halogens is 2. The highest BCUT2D eigenvalue weighted by Gasteiger charge is 2.22. The fraction of sp³-hybridized carbons (Fsp3) is 0.667. The topological polar surface area (TPSA) is 29.1 Å². The van der Waals surface area contributed by atoms with Crippen LogP contribution < -0.4 is 5.32 Å². The number of rotatable bonds is 1. The Morgan fingerprint density at radius 1 is 1.75 bits per heavy atom. The summed E-state index contributed by atoms with van der Waals surface area (Å²) in [6, 6.07) is 0. The van der Waals surface area contributed by atoms with E-state index in [1.807, 2.05) is 45.2 Å². The van der Waals surface area contributed by atoms with Crippen LogP contribution >= 0.6 is 45.2 Å². The first-order valence-electron chi connectivity index (χ1n) is 1.87. The Hall–Kier alpha value is 0.995. The molecule has 8 heavy (non-hydrogen) atoms. The van der Waals surface area contributed by atoms with E-state index in [1.54, 1.807) is 7.05 Å². The van der Waals surface area contributed by atoms with E-state index >= 15 is 0 Å². The van der Waals surface area contributed by atoms with Crippen molar-refractivity contribution in [3.63, 3.8) is 0 Å². The van der Waals surface area contributed by atoms with Crippen molar-refractivity contribution in [2.75, 3.05) is 7.05 Å². The fourth-order valence-electron chi connectivity index (χ4n) is 0.167. The average Bonchev–Trinajstić information content (AvgIpc) is 1.62. The van der Waals surface area contributed by atoms with Crippen molar-refractivity contribution in [3.05, 3.63) is 0 Å². The summed E-state index contributed by atoms with van der Waals surface area (Å²) in [4.78, 5) is 10.6. The largest absolute Gasteiger partial charge is 0.358 e. The summed E-state index contributed by atoms with van der Waals surface area (Å²) in [5.41, 5.74) is 0. The lowest BCUT2D eigenvalue weighted by molar-refractivity contribution is -0.118. The van der Waals surface area contributed by atoms with Gasteiger partial charge in [-0.05, 0) is 0 Å². The lowest BCUT2D eigenvalue weighted by Gasteiger charge is -2.10. The van der Waals surface area contributed by atoms with Gasteiger partial charge in [0, 0.05) is 7.05 Å². The van der Waals surface area contributed by atoms with Crippen LogP contribution in [0.1, 0.15) is 0 Å². The molecular weight excluding hydrogens is 331 g/mol. The molecule has 0 saturated heterocycles. The second kappa shape index (κ2) is 3.24. The van der Waals surface area contributed by atoms with Gasteiger partial charge in [0.2, 0.25) is 5.91 Å². The number of amides is 1. The Morgan fingerprint density at radius 2 is 2.12 bits per heavy atom. The van der Waals surface area contributed by atoms with Crippen molar-refractivity contribution in [3.8, 4) is 0 Å². The minimum Gasteiger partial charge on any atom is -0.358 e. The monoisotopic (exact) mass is 335 g/mol. The molecule has 0 aliphatic heterocycles. The summed E-state index contributed by atoms with van der Waals surface area (Å²) < 4.78 is -0.801. The molecule has 0 aliphatic rings. The number of hydrogen-bond acceptors (Lipinski definition) is 1. The molecule has 5 heteroatoms. The van der Waals surface area contributed by atoms with Crippen LogP contribution in [-0.2, 0) is 4.79 Å². The predicted molar refractivity (Wildman–Crippen MR) is 50.6 cm³/mol. The molecule has 0 saturated carbocycles. The molecule has 0 unspecified atom stereocenters. The Balaban J connectivity index is 3.82. The van der Waals surface area contributed by atoms with Gasteiger partial charge in [0.15, 0.2) is 0 Å². The first kappa shape index (κ1) is 8.99. The highest BCUT2D eigenvalue weighted by Crippen LogP contribution is 2.22. The summed E-state index contributed by atoms with van der Waals surface area (Å²) in [6.07, 6.45) is 0. The van der Waals surface area contributed by atoms with Crippen molar-refractivity contribution in [1.82, 2.24) is 5.32 Å². The highest BCUT2D eigenvalue weighted by atomic mass is 127. The molecule has 0 rings (SSSR count). The standard InChI is InChI=1S/C3H4BI2NO/c1-7-2(8)3(4,5)6/h1H3,(H,7,8). The van der Waals surface area contributed by atoms with Crippen LogP contribution in [0.25, 0.3) is 0 Å². The zero-order chi connectivity index (χ0) is 6.78. The van der Waals surface area contributed by atoms with E-state index < -0.39 is 1.33 Å². The van der Waals surface area contributed by atoms with Crippen LogP contribution in [0.2, 0.25) is 0 Å². The molecule has 0 aromatic rings. The molecule has 0 atom stereocenters. The number of nitrogens with one attached hydrogen (secondary N) is 1. The number of carbonyl (C=O) groups excluding carboxylic acids is 1. The number of hydrogen-bond donors (Lipinski definition) is 1. The van der Waals surface area contributed by atoms with Crippen LogP contribution in [0.4, 0.5) is 0 Å². The minimum absolute atomic E-state index is 0.168. The lowest BCUT2D eigenvalue weighted by Crippen LogP contribution is -2.35. The van der Waals surface area contributed by atoms with Gasteiger partial charge in [-0.3, -0.25) is 4.79 Å². The van der Waals surface area contributed by atoms with Gasteiger partial charge in [0.1, 0.15) is 9.17 Å². The molecule has 0 heterocycles. The lowest BCUT2D eigenvalue weighted by atomic mass is 10.1. The van der Waals surface area contributed by atoms with Crippen LogP contribution in [0, 0.1) is 0 Å². The molecule has 0 spiro atoms. The number of alkyl halides is 2. The van der Waals surface area contributed by atoms with Crippen molar-refractivity contribution < 1.29 is 4.79 Å². The van der Waals surface area contributed by atoms with Crippen LogP contribution in [0.3, 0.4) is 0 Å². The third-order valence-electron chi connectivity index (χ3n) is 0.530. The van der Waals surface area contributed by atoms with Crippen molar-refractivity contribution in [2.24, 2.45) is 0 Å². The fourth-order valence-corrected chi connectivity index (χ4v) is 0.706. The van der Waals surface area contributed by atoms with Gasteiger partial charge in [-0.2, -0.15) is 0 Å². The smallest absolute Gasteiger partial charge is 0.236 e. The predicted octanol–water partition coefficient (Wildman–Crippen LogP) is 0.425. The maximum atomic E-state index is 10.6. The summed E-state index contributed by atoms with van der Waals surface area (Å²) in [5.74, 6) is -0.168. The molecule has 0 fully saturated rings. The Kier molecular flexibility index (Phi) is 3.64. The maximum Gasteiger partial charge on any atom is 0.236 e. The summed E-state index contributed by atoms with van der Waals surface area (Å²) >= 11 is 3.71. The first-order chi connectivity index (χ1) is 3.48. The van der Waals surface area contributed by atoms with E-state index in [4.69, 9.17) is 7.85 Å². The van der Waals surface area contributed by atoms with E-state index in [0.29, 0.717) is 0 Å². The average molecular weight is 335 g/mol. The molecule has 0 bridgehead atoms. The van der Waals surface area contributed by atoms with Crippen molar-refractivity contribution in [1.29, 1.82) is 0 Å². The van der Waals surface area contributed by atoms with E-state index in [0.717, 1.165) is 0 Å². The zero-order valence-corrected chi connectivity index (χ0v) is 8.56. The van der Waals surface area contributed by atoms with Gasteiger partial charge in [-0.1, -0.05) is 45.2 Å². The summed E-state index contributed by atoms with van der Waals surface area (Å²) in [5, 5.41) is 2.43. The van der Waals surface area contributed by atoms with Crippen molar-refractivity contribution in [2.45, 2.75) is 1.33 Å². The Labute approximate surface area is 76.9 Å². The number of carbonyl (C=O) groups is 1. The van der Waals surface area contributed by atoms with Gasteiger partial charge in [-0.25, -0.2) is 0 Å². The van der Waals surface area contributed by atoms with Gasteiger partial charge >= 0.3 is 0 Å². The minimum atomic E-state index is -0.801. The molecule has 1 amide bonds. The molecule has 44 valence electrons. The zero-order valence-electron chi connectivity index (χ0n) is 4.24. The molecular formula is C3H4BI2NO. The molecule has 0 aromatic carbocycles. The second-order valence-corrected chi connectivity index (χ2v) is 6.67. The Morgan fingerprint density at radius 3 is 2.12 bits per heavy atom.